The molecular weight excluding hydrogens is 328 g/mol. The molecule has 8 nitrogen and oxygen atoms in total. The zero-order chi connectivity index (χ0) is 19.3. The molecule has 0 saturated heterocycles. The molecule has 25 heavy (non-hydrogen) atoms. The fraction of sp³-hybridized carbons (Fsp3) is 0.471. The molecule has 0 heterocycles. The van der Waals surface area contributed by atoms with Gasteiger partial charge in [-0.05, 0) is 26.3 Å². The lowest BCUT2D eigenvalue weighted by atomic mass is 9.95. The average molecular weight is 352 g/mol. The minimum Gasteiger partial charge on any atom is -0.481 e. The number of benzene rings is 1. The number of hydrogen-bond acceptors (Lipinski definition) is 7. The van der Waals surface area contributed by atoms with Crippen LogP contribution in [0.5, 0.6) is 0 Å². The van der Waals surface area contributed by atoms with E-state index in [0.29, 0.717) is 5.56 Å². The Bertz CT molecular complexity index is 622. The summed E-state index contributed by atoms with van der Waals surface area (Å²) in [7, 11) is 0. The number of rotatable bonds is 7. The fourth-order valence-corrected chi connectivity index (χ4v) is 1.92. The number of esters is 2. The smallest absolute Gasteiger partial charge is 0.341 e. The van der Waals surface area contributed by atoms with E-state index in [9.17, 15) is 19.5 Å². The lowest BCUT2D eigenvalue weighted by Crippen LogP contribution is -2.59. The van der Waals surface area contributed by atoms with Crippen LogP contribution >= 0.6 is 0 Å². The Kier molecular flexibility index (Phi) is 6.66. The van der Waals surface area contributed by atoms with Crippen LogP contribution in [0.4, 0.5) is 0 Å². The first kappa shape index (κ1) is 20.6. The molecule has 1 aromatic rings. The van der Waals surface area contributed by atoms with E-state index in [2.05, 4.69) is 0 Å². The van der Waals surface area contributed by atoms with Gasteiger partial charge in [-0.2, -0.15) is 0 Å². The molecule has 0 aromatic heterocycles. The van der Waals surface area contributed by atoms with Gasteiger partial charge >= 0.3 is 17.9 Å². The van der Waals surface area contributed by atoms with Gasteiger partial charge < -0.3 is 26.0 Å². The van der Waals surface area contributed by atoms with Crippen molar-refractivity contribution in [3.8, 4) is 0 Å². The van der Waals surface area contributed by atoms with Crippen LogP contribution < -0.4 is 11.5 Å². The molecule has 1 aromatic carbocycles. The Morgan fingerprint density at radius 1 is 1.12 bits per heavy atom. The van der Waals surface area contributed by atoms with Gasteiger partial charge in [-0.25, -0.2) is 4.79 Å². The van der Waals surface area contributed by atoms with Crippen molar-refractivity contribution >= 4 is 17.9 Å². The molecule has 1 unspecified atom stereocenters. The van der Waals surface area contributed by atoms with Gasteiger partial charge in [0.05, 0.1) is 0 Å². The van der Waals surface area contributed by atoms with E-state index in [-0.39, 0.29) is 6.61 Å². The molecule has 138 valence electrons. The normalized spacial score (nSPS) is 13.0. The average Bonchev–Trinajstić information content (AvgIpc) is 2.49. The summed E-state index contributed by atoms with van der Waals surface area (Å²) in [5, 5.41) is 9.23. The molecule has 0 spiro atoms. The molecule has 0 saturated carbocycles. The van der Waals surface area contributed by atoms with Crippen molar-refractivity contribution in [3.05, 3.63) is 35.9 Å². The summed E-state index contributed by atoms with van der Waals surface area (Å²) >= 11 is 0. The highest BCUT2D eigenvalue weighted by Crippen LogP contribution is 2.19. The van der Waals surface area contributed by atoms with Crippen LogP contribution in [0.25, 0.3) is 0 Å². The molecular formula is C17H24N2O6. The Morgan fingerprint density at radius 2 is 1.68 bits per heavy atom. The van der Waals surface area contributed by atoms with Gasteiger partial charge in [0.15, 0.2) is 11.6 Å². The molecule has 0 aliphatic rings. The highest BCUT2D eigenvalue weighted by atomic mass is 16.6. The zero-order valence-electron chi connectivity index (χ0n) is 14.5. The van der Waals surface area contributed by atoms with E-state index in [0.717, 1.165) is 0 Å². The first-order valence-corrected chi connectivity index (χ1v) is 7.67. The number of aliphatic carboxylic acids is 1. The number of carboxylic acid groups (broad SMARTS) is 1. The predicted molar refractivity (Wildman–Crippen MR) is 88.9 cm³/mol. The molecule has 0 amide bonds. The van der Waals surface area contributed by atoms with Gasteiger partial charge in [0.2, 0.25) is 0 Å². The van der Waals surface area contributed by atoms with E-state index in [1.54, 1.807) is 51.1 Å². The molecule has 0 bridgehead atoms. The standard InChI is InChI=1S/C17H24N2O6/c1-16(2,3)25-14(22)12(13(20)21)9-17(18,19)15(23)24-10-11-7-5-4-6-8-11/h4-8,12H,9-10,18-19H2,1-3H3,(H,20,21). The molecule has 0 aliphatic heterocycles. The van der Waals surface area contributed by atoms with E-state index < -0.39 is 41.5 Å². The van der Waals surface area contributed by atoms with Crippen LogP contribution in [-0.4, -0.2) is 34.3 Å². The van der Waals surface area contributed by atoms with Crippen molar-refractivity contribution < 1.29 is 29.0 Å². The van der Waals surface area contributed by atoms with Gasteiger partial charge in [0, 0.05) is 6.42 Å². The first-order chi connectivity index (χ1) is 11.4. The van der Waals surface area contributed by atoms with Crippen LogP contribution in [0.2, 0.25) is 0 Å². The summed E-state index contributed by atoms with van der Waals surface area (Å²) < 4.78 is 10.1. The summed E-state index contributed by atoms with van der Waals surface area (Å²) in [6, 6.07) is 8.82. The minimum atomic E-state index is -2.14. The second-order valence-electron chi connectivity index (χ2n) is 6.73. The largest absolute Gasteiger partial charge is 0.481 e. The maximum atomic E-state index is 12.1. The Morgan fingerprint density at radius 3 is 2.16 bits per heavy atom. The summed E-state index contributed by atoms with van der Waals surface area (Å²) in [6.07, 6.45) is -0.648. The lowest BCUT2D eigenvalue weighted by Gasteiger charge is -2.27. The van der Waals surface area contributed by atoms with E-state index >= 15 is 0 Å². The van der Waals surface area contributed by atoms with Crippen molar-refractivity contribution in [2.75, 3.05) is 0 Å². The second kappa shape index (κ2) is 8.09. The summed E-state index contributed by atoms with van der Waals surface area (Å²) in [6.45, 7) is 4.71. The Hall–Kier alpha value is -2.45. The highest BCUT2D eigenvalue weighted by molar-refractivity contribution is 5.95. The number of carbonyl (C=O) groups is 3. The quantitative estimate of drug-likeness (QED) is 0.371. The maximum Gasteiger partial charge on any atom is 0.341 e. The van der Waals surface area contributed by atoms with Gasteiger partial charge in [0.1, 0.15) is 12.2 Å². The first-order valence-electron chi connectivity index (χ1n) is 7.67. The number of nitrogens with two attached hydrogens (primary N) is 2. The fourth-order valence-electron chi connectivity index (χ4n) is 1.92. The summed E-state index contributed by atoms with van der Waals surface area (Å²) in [4.78, 5) is 35.4. The molecule has 1 atom stereocenters. The monoisotopic (exact) mass is 352 g/mol. The van der Waals surface area contributed by atoms with Crippen LogP contribution in [0, 0.1) is 5.92 Å². The summed E-state index contributed by atoms with van der Waals surface area (Å²) in [5.41, 5.74) is 9.08. The van der Waals surface area contributed by atoms with Crippen LogP contribution in [0.15, 0.2) is 30.3 Å². The SMILES string of the molecule is CC(C)(C)OC(=O)C(CC(N)(N)C(=O)OCc1ccccc1)C(=O)O. The maximum absolute atomic E-state index is 12.1. The number of carboxylic acids is 1. The van der Waals surface area contributed by atoms with Crippen molar-refractivity contribution in [3.63, 3.8) is 0 Å². The van der Waals surface area contributed by atoms with E-state index in [1.165, 1.54) is 0 Å². The molecule has 0 fully saturated rings. The second-order valence-corrected chi connectivity index (χ2v) is 6.73. The molecule has 5 N–H and O–H groups in total. The number of ether oxygens (including phenoxy) is 2. The van der Waals surface area contributed by atoms with Crippen LogP contribution in [-0.2, 0) is 30.5 Å². The number of carbonyl (C=O) groups excluding carboxylic acids is 2. The van der Waals surface area contributed by atoms with Crippen LogP contribution in [0.1, 0.15) is 32.8 Å². The van der Waals surface area contributed by atoms with Gasteiger partial charge in [-0.15, -0.1) is 0 Å². The van der Waals surface area contributed by atoms with Gasteiger partial charge in [0.25, 0.3) is 0 Å². The molecule has 8 heteroatoms. The van der Waals surface area contributed by atoms with E-state index in [4.69, 9.17) is 20.9 Å². The highest BCUT2D eigenvalue weighted by Gasteiger charge is 2.41. The van der Waals surface area contributed by atoms with Gasteiger partial charge in [-0.3, -0.25) is 9.59 Å². The van der Waals surface area contributed by atoms with Crippen molar-refractivity contribution in [1.82, 2.24) is 0 Å². The Balaban J connectivity index is 2.75. The third kappa shape index (κ3) is 6.90. The lowest BCUT2D eigenvalue weighted by molar-refractivity contribution is -0.168. The van der Waals surface area contributed by atoms with E-state index in [1.807, 2.05) is 0 Å². The molecule has 1 rings (SSSR count). The summed E-state index contributed by atoms with van der Waals surface area (Å²) in [5.74, 6) is -5.19. The predicted octanol–water partition coefficient (Wildman–Crippen LogP) is 0.776. The van der Waals surface area contributed by atoms with Crippen molar-refractivity contribution in [2.24, 2.45) is 17.4 Å². The topological polar surface area (TPSA) is 142 Å². The Labute approximate surface area is 146 Å². The minimum absolute atomic E-state index is 0.0694. The van der Waals surface area contributed by atoms with Gasteiger partial charge in [-0.1, -0.05) is 30.3 Å². The number of hydrogen-bond donors (Lipinski definition) is 3. The molecule has 0 aliphatic carbocycles. The third-order valence-corrected chi connectivity index (χ3v) is 3.12. The van der Waals surface area contributed by atoms with Crippen molar-refractivity contribution in [1.29, 1.82) is 0 Å². The van der Waals surface area contributed by atoms with Crippen molar-refractivity contribution in [2.45, 2.75) is 45.1 Å². The third-order valence-electron chi connectivity index (χ3n) is 3.12. The van der Waals surface area contributed by atoms with Crippen LogP contribution in [0.3, 0.4) is 0 Å². The molecule has 0 radical (unpaired) electrons. The zero-order valence-corrected chi connectivity index (χ0v) is 14.5.